The minimum Gasteiger partial charge on any atom is -0.476 e. The molecule has 0 aromatic carbocycles. The lowest BCUT2D eigenvalue weighted by Crippen LogP contribution is -2.43. The molecule has 8 heteroatoms. The van der Waals surface area contributed by atoms with Crippen LogP contribution in [0.5, 0.6) is 5.88 Å². The first-order valence-corrected chi connectivity index (χ1v) is 5.83. The minimum atomic E-state index is -1.13. The highest BCUT2D eigenvalue weighted by Gasteiger charge is 2.18. The predicted octanol–water partition coefficient (Wildman–Crippen LogP) is -0.644. The van der Waals surface area contributed by atoms with Gasteiger partial charge in [0.15, 0.2) is 12.3 Å². The fourth-order valence-corrected chi connectivity index (χ4v) is 1.73. The third-order valence-corrected chi connectivity index (χ3v) is 2.76. The van der Waals surface area contributed by atoms with Crippen LogP contribution < -0.4 is 4.74 Å². The molecule has 1 aromatic rings. The molecule has 1 aromatic heterocycles. The van der Waals surface area contributed by atoms with Crippen LogP contribution in [0.2, 0.25) is 0 Å². The molecule has 8 nitrogen and oxygen atoms in total. The van der Waals surface area contributed by atoms with E-state index in [0.29, 0.717) is 26.3 Å². The Morgan fingerprint density at radius 1 is 1.47 bits per heavy atom. The van der Waals surface area contributed by atoms with Crippen molar-refractivity contribution in [3.8, 4) is 5.88 Å². The molecule has 1 aliphatic rings. The largest absolute Gasteiger partial charge is 0.476 e. The van der Waals surface area contributed by atoms with Gasteiger partial charge >= 0.3 is 5.97 Å². The van der Waals surface area contributed by atoms with E-state index in [9.17, 15) is 9.59 Å². The number of morpholine rings is 1. The van der Waals surface area contributed by atoms with Gasteiger partial charge in [-0.15, -0.1) is 0 Å². The number of hydrogen-bond donors (Lipinski definition) is 1. The van der Waals surface area contributed by atoms with E-state index >= 15 is 0 Å². The highest BCUT2D eigenvalue weighted by molar-refractivity contribution is 5.85. The third-order valence-electron chi connectivity index (χ3n) is 2.76. The summed E-state index contributed by atoms with van der Waals surface area (Å²) in [6.07, 6.45) is 0. The number of hydrogen-bond acceptors (Lipinski definition) is 5. The van der Waals surface area contributed by atoms with Crippen molar-refractivity contribution in [2.24, 2.45) is 7.05 Å². The highest BCUT2D eigenvalue weighted by atomic mass is 16.5. The van der Waals surface area contributed by atoms with Gasteiger partial charge in [0.2, 0.25) is 5.88 Å². The molecule has 0 atom stereocenters. The Balaban J connectivity index is 1.91. The first-order valence-electron chi connectivity index (χ1n) is 5.83. The molecule has 0 aliphatic carbocycles. The fourth-order valence-electron chi connectivity index (χ4n) is 1.73. The summed E-state index contributed by atoms with van der Waals surface area (Å²) in [4.78, 5) is 24.2. The molecule has 104 valence electrons. The molecule has 0 spiro atoms. The zero-order valence-corrected chi connectivity index (χ0v) is 10.5. The molecule has 1 aliphatic heterocycles. The highest BCUT2D eigenvalue weighted by Crippen LogP contribution is 2.12. The molecule has 0 radical (unpaired) electrons. The van der Waals surface area contributed by atoms with Crippen LogP contribution in [0.1, 0.15) is 10.5 Å². The van der Waals surface area contributed by atoms with Crippen LogP contribution in [0.4, 0.5) is 0 Å². The molecule has 1 saturated heterocycles. The van der Waals surface area contributed by atoms with Gasteiger partial charge in [0.1, 0.15) is 0 Å². The summed E-state index contributed by atoms with van der Waals surface area (Å²) in [7, 11) is 1.56. The van der Waals surface area contributed by atoms with Crippen molar-refractivity contribution in [1.82, 2.24) is 14.7 Å². The van der Waals surface area contributed by atoms with E-state index in [1.165, 1.54) is 10.7 Å². The molecular weight excluding hydrogens is 254 g/mol. The number of aryl methyl sites for hydroxylation is 1. The lowest BCUT2D eigenvalue weighted by molar-refractivity contribution is -0.137. The van der Waals surface area contributed by atoms with E-state index in [1.807, 2.05) is 0 Å². The maximum Gasteiger partial charge on any atom is 0.356 e. The first kappa shape index (κ1) is 13.3. The van der Waals surface area contributed by atoms with Crippen LogP contribution in [0, 0.1) is 0 Å². The van der Waals surface area contributed by atoms with Gasteiger partial charge in [-0.2, -0.15) is 5.10 Å². The molecule has 0 unspecified atom stereocenters. The van der Waals surface area contributed by atoms with Gasteiger partial charge in [-0.3, -0.25) is 4.79 Å². The normalized spacial score (nSPS) is 15.3. The van der Waals surface area contributed by atoms with Gasteiger partial charge in [-0.1, -0.05) is 0 Å². The lowest BCUT2D eigenvalue weighted by atomic mass is 10.4. The average Bonchev–Trinajstić information content (AvgIpc) is 2.79. The molecule has 2 heterocycles. The number of ether oxygens (including phenoxy) is 2. The van der Waals surface area contributed by atoms with Crippen molar-refractivity contribution in [3.05, 3.63) is 11.8 Å². The Bertz CT molecular complexity index is 479. The van der Waals surface area contributed by atoms with Crippen molar-refractivity contribution in [1.29, 1.82) is 0 Å². The third kappa shape index (κ3) is 3.22. The van der Waals surface area contributed by atoms with Crippen LogP contribution in [0.15, 0.2) is 6.07 Å². The van der Waals surface area contributed by atoms with E-state index < -0.39 is 5.97 Å². The number of amides is 1. The van der Waals surface area contributed by atoms with Crippen molar-refractivity contribution in [3.63, 3.8) is 0 Å². The number of carbonyl (C=O) groups excluding carboxylic acids is 1. The van der Waals surface area contributed by atoms with E-state index in [1.54, 1.807) is 11.9 Å². The Labute approximate surface area is 109 Å². The number of aromatic carboxylic acids is 1. The molecule has 1 amide bonds. The maximum atomic E-state index is 11.8. The second kappa shape index (κ2) is 5.70. The Morgan fingerprint density at radius 3 is 2.74 bits per heavy atom. The van der Waals surface area contributed by atoms with Gasteiger partial charge in [0.05, 0.1) is 13.2 Å². The monoisotopic (exact) mass is 269 g/mol. The number of rotatable bonds is 4. The van der Waals surface area contributed by atoms with Gasteiger partial charge in [-0.05, 0) is 0 Å². The predicted molar refractivity (Wildman–Crippen MR) is 63.1 cm³/mol. The van der Waals surface area contributed by atoms with E-state index in [2.05, 4.69) is 5.10 Å². The van der Waals surface area contributed by atoms with Crippen LogP contribution in [0.3, 0.4) is 0 Å². The number of nitrogens with zero attached hydrogens (tertiary/aromatic N) is 3. The SMILES string of the molecule is Cn1nc(C(=O)O)cc1OCC(=O)N1CCOCC1. The molecule has 19 heavy (non-hydrogen) atoms. The number of carbonyl (C=O) groups is 2. The Hall–Kier alpha value is -2.09. The van der Waals surface area contributed by atoms with Gasteiger partial charge in [-0.25, -0.2) is 9.48 Å². The van der Waals surface area contributed by atoms with Crippen LogP contribution >= 0.6 is 0 Å². The van der Waals surface area contributed by atoms with Crippen LogP contribution in [0.25, 0.3) is 0 Å². The quantitative estimate of drug-likeness (QED) is 0.781. The Kier molecular flexibility index (Phi) is 4.00. The molecule has 1 N–H and O–H groups in total. The number of aromatic nitrogens is 2. The summed E-state index contributed by atoms with van der Waals surface area (Å²) in [6.45, 7) is 2.02. The van der Waals surface area contributed by atoms with Gasteiger partial charge in [0, 0.05) is 26.2 Å². The summed E-state index contributed by atoms with van der Waals surface area (Å²) in [5, 5.41) is 12.5. The van der Waals surface area contributed by atoms with E-state index in [-0.39, 0.29) is 24.1 Å². The second-order valence-corrected chi connectivity index (χ2v) is 4.08. The van der Waals surface area contributed by atoms with E-state index in [0.717, 1.165) is 0 Å². The van der Waals surface area contributed by atoms with Crippen molar-refractivity contribution in [2.75, 3.05) is 32.9 Å². The van der Waals surface area contributed by atoms with Crippen molar-refractivity contribution >= 4 is 11.9 Å². The zero-order valence-electron chi connectivity index (χ0n) is 10.5. The van der Waals surface area contributed by atoms with Crippen LogP contribution in [-0.4, -0.2) is 64.6 Å². The summed E-state index contributed by atoms with van der Waals surface area (Å²) in [5.41, 5.74) is -0.115. The minimum absolute atomic E-state index is 0.115. The molecular formula is C11H15N3O5. The summed E-state index contributed by atoms with van der Waals surface area (Å²) in [6, 6.07) is 1.29. The zero-order chi connectivity index (χ0) is 13.8. The molecule has 1 fully saturated rings. The Morgan fingerprint density at radius 2 is 2.16 bits per heavy atom. The van der Waals surface area contributed by atoms with Gasteiger partial charge < -0.3 is 19.5 Å². The number of carboxylic acids is 1. The smallest absolute Gasteiger partial charge is 0.356 e. The second-order valence-electron chi connectivity index (χ2n) is 4.08. The summed E-state index contributed by atoms with van der Waals surface area (Å²) in [5.74, 6) is -1.04. The number of carboxylic acid groups (broad SMARTS) is 1. The van der Waals surface area contributed by atoms with E-state index in [4.69, 9.17) is 14.6 Å². The topological polar surface area (TPSA) is 93.9 Å². The van der Waals surface area contributed by atoms with Crippen molar-refractivity contribution < 1.29 is 24.2 Å². The fraction of sp³-hybridized carbons (Fsp3) is 0.545. The summed E-state index contributed by atoms with van der Waals surface area (Å²) >= 11 is 0. The molecule has 0 bridgehead atoms. The first-order chi connectivity index (χ1) is 9.08. The molecule has 0 saturated carbocycles. The standard InChI is InChI=1S/C11H15N3O5/c1-13-10(6-8(12-13)11(16)17)19-7-9(15)14-2-4-18-5-3-14/h6H,2-5,7H2,1H3,(H,16,17). The lowest BCUT2D eigenvalue weighted by Gasteiger charge is -2.26. The van der Waals surface area contributed by atoms with Gasteiger partial charge in [0.25, 0.3) is 5.91 Å². The van der Waals surface area contributed by atoms with Crippen LogP contribution in [-0.2, 0) is 16.6 Å². The molecule has 2 rings (SSSR count). The maximum absolute atomic E-state index is 11.8. The summed E-state index contributed by atoms with van der Waals surface area (Å²) < 4.78 is 11.7. The average molecular weight is 269 g/mol. The van der Waals surface area contributed by atoms with Crippen molar-refractivity contribution in [2.45, 2.75) is 0 Å².